The first-order valence-electron chi connectivity index (χ1n) is 43.7. The van der Waals surface area contributed by atoms with Gasteiger partial charge in [0.25, 0.3) is 11.8 Å². The summed E-state index contributed by atoms with van der Waals surface area (Å²) in [6, 6.07) is 44.6. The maximum atomic E-state index is 14.0. The molecule has 124 heavy (non-hydrogen) atoms. The maximum Gasteiger partial charge on any atom is 0.410 e. The van der Waals surface area contributed by atoms with Crippen molar-refractivity contribution >= 4 is 100 Å². The number of amides is 10. The molecule has 18 rings (SSSR count). The van der Waals surface area contributed by atoms with E-state index in [1.54, 1.807) is 32.9 Å². The van der Waals surface area contributed by atoms with Gasteiger partial charge in [0.15, 0.2) is 5.78 Å². The number of nitrogens with zero attached hydrogens (tertiary/aromatic N) is 12. The third kappa shape index (κ3) is 20.5. The third-order valence-corrected chi connectivity index (χ3v) is 26.1. The van der Waals surface area contributed by atoms with Crippen molar-refractivity contribution in [2.24, 2.45) is 17.8 Å². The number of Topliss-reactive ketones (excluding diaryl/α,β-unsaturated/α-hetero) is 1. The number of aldehydes is 1. The van der Waals surface area contributed by atoms with Crippen LogP contribution in [0.15, 0.2) is 158 Å². The summed E-state index contributed by atoms with van der Waals surface area (Å²) in [6.07, 6.45) is 12.7. The molecular formula is C94H106ClN15O14. The fourth-order valence-electron chi connectivity index (χ4n) is 18.7. The number of para-hydroxylation sites is 1. The highest BCUT2D eigenvalue weighted by Crippen LogP contribution is 2.39. The average Bonchev–Trinajstić information content (AvgIpc) is 1.63. The molecule has 0 saturated carbocycles. The summed E-state index contributed by atoms with van der Waals surface area (Å²) in [6.45, 7) is 16.2. The van der Waals surface area contributed by atoms with Gasteiger partial charge in [-0.1, -0.05) is 96.5 Å². The van der Waals surface area contributed by atoms with Crippen molar-refractivity contribution in [2.45, 2.75) is 128 Å². The molecule has 8 fully saturated rings. The van der Waals surface area contributed by atoms with Crippen LogP contribution in [0.1, 0.15) is 142 Å². The lowest BCUT2D eigenvalue weighted by atomic mass is 9.96. The molecule has 8 saturated heterocycles. The molecule has 6 aromatic carbocycles. The van der Waals surface area contributed by atoms with E-state index in [0.717, 1.165) is 189 Å². The van der Waals surface area contributed by atoms with Crippen molar-refractivity contribution in [3.05, 3.63) is 213 Å². The predicted octanol–water partition coefficient (Wildman–Crippen LogP) is 10.9. The number of likely N-dealkylation sites (tertiary alicyclic amines) is 4. The van der Waals surface area contributed by atoms with E-state index in [1.807, 2.05) is 136 Å². The normalized spacial score (nSPS) is 20.9. The molecule has 0 spiro atoms. The number of ether oxygens (including phenoxy) is 3. The molecule has 3 N–H and O–H groups in total. The number of allylic oxidation sites excluding steroid dienone is 2. The number of piperidine rings is 6. The molecular weight excluding hydrogens is 1600 g/mol. The SMILES string of the molecule is O=C1CC[C@H](N2Cc3cc(N4CCN(CC5CCN(C(=O)N6CCC[C@@H](Nc7ncnc8c7C(C(=O)c7ccc(Oc9ccccc9)cc7Cl)=CC8)C6)CC5)CC4)ccc3C2=O)C(=O)N1.O=C1CC[C@H](N2Cc3cc(N4CCN(CC5CCN(C(=O)OCc6ccccc6)CC5)CC4)ccc3C2=O)C(=O)N1.O=CC1CCN(C(=O)OCc2ccccc2)CC1. The number of piperazine rings is 2. The van der Waals surface area contributed by atoms with E-state index < -0.39 is 18.0 Å². The van der Waals surface area contributed by atoms with Gasteiger partial charge in [0.1, 0.15) is 55.2 Å². The molecule has 3 atom stereocenters. The van der Waals surface area contributed by atoms with Gasteiger partial charge in [-0.2, -0.15) is 0 Å². The minimum Gasteiger partial charge on any atom is -0.457 e. The molecule has 0 bridgehead atoms. The molecule has 30 heteroatoms. The van der Waals surface area contributed by atoms with Gasteiger partial charge < -0.3 is 63.5 Å². The highest BCUT2D eigenvalue weighted by molar-refractivity contribution is 6.39. The highest BCUT2D eigenvalue weighted by Gasteiger charge is 2.43. The van der Waals surface area contributed by atoms with E-state index in [4.69, 9.17) is 25.8 Å². The molecule has 1 aliphatic carbocycles. The molecule has 0 unspecified atom stereocenters. The van der Waals surface area contributed by atoms with Crippen LogP contribution in [0, 0.1) is 17.8 Å². The number of nitrogens with one attached hydrogen (secondary N) is 3. The van der Waals surface area contributed by atoms with Gasteiger partial charge in [-0.15, -0.1) is 0 Å². The van der Waals surface area contributed by atoms with Gasteiger partial charge in [0.2, 0.25) is 23.6 Å². The first-order valence-corrected chi connectivity index (χ1v) is 44.0. The van der Waals surface area contributed by atoms with E-state index in [-0.39, 0.29) is 78.3 Å². The van der Waals surface area contributed by atoms with Crippen LogP contribution in [-0.4, -0.2) is 251 Å². The molecule has 1 aromatic heterocycles. The Balaban J connectivity index is 0.000000163. The Hall–Kier alpha value is -12.1. The monoisotopic (exact) mass is 1700 g/mol. The Morgan fingerprint density at radius 3 is 1.51 bits per heavy atom. The van der Waals surface area contributed by atoms with Crippen LogP contribution in [0.25, 0.3) is 5.57 Å². The number of rotatable bonds is 19. The van der Waals surface area contributed by atoms with Crippen molar-refractivity contribution in [3.63, 3.8) is 0 Å². The summed E-state index contributed by atoms with van der Waals surface area (Å²) in [5, 5.41) is 8.63. The Labute approximate surface area is 726 Å². The minimum absolute atomic E-state index is 0.0373. The van der Waals surface area contributed by atoms with Gasteiger partial charge in [-0.25, -0.2) is 24.4 Å². The lowest BCUT2D eigenvalue weighted by Crippen LogP contribution is -2.53. The van der Waals surface area contributed by atoms with Crippen molar-refractivity contribution in [3.8, 4) is 11.5 Å². The number of benzene rings is 6. The van der Waals surface area contributed by atoms with Gasteiger partial charge in [0, 0.05) is 207 Å². The molecule has 0 radical (unpaired) electrons. The molecule has 10 amide bonds. The number of imide groups is 2. The summed E-state index contributed by atoms with van der Waals surface area (Å²) in [5.74, 6) is 1.16. The number of hydrogen-bond donors (Lipinski definition) is 3. The Morgan fingerprint density at radius 2 is 1.01 bits per heavy atom. The fourth-order valence-corrected chi connectivity index (χ4v) is 19.0. The Morgan fingerprint density at radius 1 is 0.508 bits per heavy atom. The van der Waals surface area contributed by atoms with Crippen LogP contribution < -0.4 is 30.5 Å². The lowest BCUT2D eigenvalue weighted by Gasteiger charge is -2.41. The summed E-state index contributed by atoms with van der Waals surface area (Å²) in [4.78, 5) is 167. The zero-order valence-electron chi connectivity index (χ0n) is 69.8. The number of carbonyl (C=O) groups excluding carboxylic acids is 11. The van der Waals surface area contributed by atoms with Crippen molar-refractivity contribution in [1.29, 1.82) is 0 Å². The van der Waals surface area contributed by atoms with Gasteiger partial charge in [0.05, 0.1) is 10.7 Å². The van der Waals surface area contributed by atoms with Crippen LogP contribution >= 0.6 is 11.6 Å². The number of ketones is 1. The first-order chi connectivity index (χ1) is 60.4. The predicted molar refractivity (Wildman–Crippen MR) is 464 cm³/mol. The number of anilines is 3. The number of hydrogen-bond acceptors (Lipinski definition) is 21. The van der Waals surface area contributed by atoms with Crippen molar-refractivity contribution in [1.82, 2.24) is 59.8 Å². The largest absolute Gasteiger partial charge is 0.457 e. The van der Waals surface area contributed by atoms with E-state index in [2.05, 4.69) is 57.7 Å². The average molecular weight is 1710 g/mol. The quantitative estimate of drug-likeness (QED) is 0.0385. The zero-order chi connectivity index (χ0) is 85.7. The van der Waals surface area contributed by atoms with Crippen LogP contribution in [0.2, 0.25) is 5.02 Å². The molecule has 648 valence electrons. The van der Waals surface area contributed by atoms with E-state index in [9.17, 15) is 52.7 Å². The molecule has 29 nitrogen and oxygen atoms in total. The lowest BCUT2D eigenvalue weighted by molar-refractivity contribution is -0.138. The van der Waals surface area contributed by atoms with Gasteiger partial charge in [-0.05, 0) is 159 Å². The Kier molecular flexibility index (Phi) is 27.3. The number of carbonyl (C=O) groups is 11. The third-order valence-electron chi connectivity index (χ3n) is 25.8. The van der Waals surface area contributed by atoms with Crippen molar-refractivity contribution in [2.75, 3.05) is 133 Å². The van der Waals surface area contributed by atoms with Crippen LogP contribution in [0.5, 0.6) is 11.5 Å². The van der Waals surface area contributed by atoms with Crippen LogP contribution in [0.4, 0.5) is 31.6 Å². The smallest absolute Gasteiger partial charge is 0.410 e. The number of aromatic nitrogens is 2. The molecule has 7 aromatic rings. The summed E-state index contributed by atoms with van der Waals surface area (Å²) < 4.78 is 16.7. The second-order valence-corrected chi connectivity index (χ2v) is 34.3. The number of fused-ring (bicyclic) bond motifs is 3. The maximum absolute atomic E-state index is 14.0. The first kappa shape index (κ1) is 85.5. The summed E-state index contributed by atoms with van der Waals surface area (Å²) >= 11 is 6.68. The van der Waals surface area contributed by atoms with E-state index in [0.29, 0.717) is 134 Å². The molecule has 11 aliphatic rings. The number of urea groups is 1. The topological polar surface area (TPSA) is 310 Å². The van der Waals surface area contributed by atoms with E-state index in [1.165, 1.54) is 6.33 Å². The van der Waals surface area contributed by atoms with Gasteiger partial charge >= 0.3 is 18.2 Å². The zero-order valence-corrected chi connectivity index (χ0v) is 70.5. The minimum atomic E-state index is -0.617. The summed E-state index contributed by atoms with van der Waals surface area (Å²) in [7, 11) is 0. The van der Waals surface area contributed by atoms with Crippen LogP contribution in [-0.2, 0) is 66.2 Å². The Bertz CT molecular complexity index is 5120. The summed E-state index contributed by atoms with van der Waals surface area (Å²) in [5.41, 5.74) is 9.64. The van der Waals surface area contributed by atoms with Gasteiger partial charge in [-0.3, -0.25) is 54.0 Å². The molecule has 10 aliphatic heterocycles. The highest BCUT2D eigenvalue weighted by atomic mass is 35.5. The second kappa shape index (κ2) is 39.6. The number of halogens is 1. The standard InChI is InChI=1S/C49H52ClN9O6.C31H37N5O5.C14H17NO3/c50-40-26-36(65-35-6-2-1-3-7-35)9-11-38(40)45(61)39-12-13-41-44(39)46(52-30-51-41)53-33-5-4-18-58(29-33)49(64)57-19-16-31(17-20-57)27-55-21-23-56(24-22-55)34-8-10-37-32(25-34)28-59(48(37)63)42-14-15-43(60)54-47(42)62;37-28-9-8-27(29(38)32-28)36-20-24-18-25(6-7-26(24)30(36)39)34-16-14-33(15-17-34)19-22-10-12-35(13-11-22)31(40)41-21-23-4-2-1-3-5-23;16-10-12-6-8-15(9-7-12)14(17)18-11-13-4-2-1-3-5-13/h1-3,6-12,25-26,30-31,33,42H,4-5,13-24,27-29H2,(H,51,52,53)(H,54,60,62);1-7,18,22,27H,8-17,19-21H2,(H,32,37,38);1-5,10,12H,6-9,11H2/t33-,42+;27-;/m10./s1. The van der Waals surface area contributed by atoms with E-state index >= 15 is 0 Å². The van der Waals surface area contributed by atoms with Crippen LogP contribution in [0.3, 0.4) is 0 Å². The molecule has 11 heterocycles. The van der Waals surface area contributed by atoms with Crippen molar-refractivity contribution < 1.29 is 67.0 Å². The second-order valence-electron chi connectivity index (χ2n) is 33.9. The fraction of sp³-hybridized carbons (Fsp3) is 0.436.